The van der Waals surface area contributed by atoms with Gasteiger partial charge in [0.25, 0.3) is 0 Å². The molecular weight excluding hydrogens is 259 g/mol. The van der Waals surface area contributed by atoms with Crippen LogP contribution >= 0.6 is 0 Å². The third kappa shape index (κ3) is 3.16. The third-order valence-corrected chi connectivity index (χ3v) is 4.17. The van der Waals surface area contributed by atoms with E-state index in [0.29, 0.717) is 12.8 Å². The van der Waals surface area contributed by atoms with Gasteiger partial charge in [-0.15, -0.1) is 0 Å². The zero-order valence-corrected chi connectivity index (χ0v) is 12.1. The molecule has 0 heterocycles. The van der Waals surface area contributed by atoms with Crippen LogP contribution < -0.4 is 0 Å². The standard InChI is InChI=1S/C20H19F/c21-20(15-7-2-8-16-20)19-12-6-5-11-18(19)14-13-17-9-3-1-4-10-17/h1,3-6,9-12H,2,7-8,15-16H2. The van der Waals surface area contributed by atoms with E-state index < -0.39 is 5.67 Å². The first-order chi connectivity index (χ1) is 10.3. The Balaban J connectivity index is 1.95. The SMILES string of the molecule is FC1(c2ccccc2C#Cc2ccccc2)CCCCC1. The zero-order chi connectivity index (χ0) is 14.5. The van der Waals surface area contributed by atoms with Crippen LogP contribution in [0, 0.1) is 11.8 Å². The summed E-state index contributed by atoms with van der Waals surface area (Å²) in [5, 5.41) is 0. The second kappa shape index (κ2) is 6.14. The van der Waals surface area contributed by atoms with Crippen LogP contribution in [0.1, 0.15) is 48.8 Å². The monoisotopic (exact) mass is 278 g/mol. The Morgan fingerprint density at radius 2 is 1.43 bits per heavy atom. The van der Waals surface area contributed by atoms with Crippen molar-refractivity contribution in [1.29, 1.82) is 0 Å². The topological polar surface area (TPSA) is 0 Å². The first kappa shape index (κ1) is 13.9. The summed E-state index contributed by atoms with van der Waals surface area (Å²) in [6.45, 7) is 0. The summed E-state index contributed by atoms with van der Waals surface area (Å²) in [7, 11) is 0. The number of alkyl halides is 1. The van der Waals surface area contributed by atoms with Crippen LogP contribution in [-0.2, 0) is 5.67 Å². The Kier molecular flexibility index (Phi) is 4.06. The van der Waals surface area contributed by atoms with Crippen molar-refractivity contribution in [3.8, 4) is 11.8 Å². The average molecular weight is 278 g/mol. The molecule has 0 amide bonds. The van der Waals surface area contributed by atoms with E-state index >= 15 is 4.39 Å². The molecule has 0 radical (unpaired) electrons. The highest BCUT2D eigenvalue weighted by Gasteiger charge is 2.35. The smallest absolute Gasteiger partial charge is 0.137 e. The van der Waals surface area contributed by atoms with Gasteiger partial charge in [-0.05, 0) is 43.9 Å². The van der Waals surface area contributed by atoms with Gasteiger partial charge in [-0.2, -0.15) is 0 Å². The average Bonchev–Trinajstić information content (AvgIpc) is 2.55. The summed E-state index contributed by atoms with van der Waals surface area (Å²) in [4.78, 5) is 0. The molecule has 21 heavy (non-hydrogen) atoms. The van der Waals surface area contributed by atoms with Gasteiger partial charge in [-0.1, -0.05) is 54.7 Å². The van der Waals surface area contributed by atoms with Gasteiger partial charge in [0.05, 0.1) is 0 Å². The highest BCUT2D eigenvalue weighted by molar-refractivity contribution is 5.48. The van der Waals surface area contributed by atoms with E-state index in [1.54, 1.807) is 0 Å². The lowest BCUT2D eigenvalue weighted by Gasteiger charge is -2.30. The minimum absolute atomic E-state index is 0.622. The quantitative estimate of drug-likeness (QED) is 0.628. The molecule has 1 fully saturated rings. The van der Waals surface area contributed by atoms with Gasteiger partial charge < -0.3 is 0 Å². The predicted octanol–water partition coefficient (Wildman–Crippen LogP) is 5.22. The molecule has 0 spiro atoms. The molecule has 0 N–H and O–H groups in total. The van der Waals surface area contributed by atoms with Crippen LogP contribution in [0.3, 0.4) is 0 Å². The number of rotatable bonds is 1. The Morgan fingerprint density at radius 1 is 0.762 bits per heavy atom. The van der Waals surface area contributed by atoms with Gasteiger partial charge in [0.2, 0.25) is 0 Å². The summed E-state index contributed by atoms with van der Waals surface area (Å²) >= 11 is 0. The number of hydrogen-bond donors (Lipinski definition) is 0. The van der Waals surface area contributed by atoms with Crippen molar-refractivity contribution in [2.45, 2.75) is 37.8 Å². The maximum absolute atomic E-state index is 15.2. The van der Waals surface area contributed by atoms with Crippen LogP contribution in [0.15, 0.2) is 54.6 Å². The lowest BCUT2D eigenvalue weighted by atomic mass is 9.79. The fraction of sp³-hybridized carbons (Fsp3) is 0.300. The van der Waals surface area contributed by atoms with Gasteiger partial charge in [0, 0.05) is 16.7 Å². The van der Waals surface area contributed by atoms with E-state index in [0.717, 1.165) is 36.0 Å². The largest absolute Gasteiger partial charge is 0.239 e. The third-order valence-electron chi connectivity index (χ3n) is 4.17. The molecule has 0 aromatic heterocycles. The van der Waals surface area contributed by atoms with Crippen LogP contribution in [-0.4, -0.2) is 0 Å². The predicted molar refractivity (Wildman–Crippen MR) is 84.7 cm³/mol. The van der Waals surface area contributed by atoms with E-state index in [2.05, 4.69) is 11.8 Å². The highest BCUT2D eigenvalue weighted by atomic mass is 19.1. The van der Waals surface area contributed by atoms with Crippen LogP contribution in [0.25, 0.3) is 0 Å². The van der Waals surface area contributed by atoms with Crippen molar-refractivity contribution in [1.82, 2.24) is 0 Å². The molecule has 0 unspecified atom stereocenters. The number of benzene rings is 2. The maximum atomic E-state index is 15.2. The molecule has 3 rings (SSSR count). The van der Waals surface area contributed by atoms with Crippen molar-refractivity contribution in [2.75, 3.05) is 0 Å². The lowest BCUT2D eigenvalue weighted by Crippen LogP contribution is -2.24. The Labute approximate surface area is 126 Å². The highest BCUT2D eigenvalue weighted by Crippen LogP contribution is 2.41. The molecule has 0 saturated heterocycles. The van der Waals surface area contributed by atoms with Gasteiger partial charge >= 0.3 is 0 Å². The van der Waals surface area contributed by atoms with E-state index in [1.165, 1.54) is 0 Å². The molecule has 0 nitrogen and oxygen atoms in total. The Hall–Kier alpha value is -2.07. The molecule has 1 aliphatic carbocycles. The summed E-state index contributed by atoms with van der Waals surface area (Å²) in [6.07, 6.45) is 4.32. The normalized spacial score (nSPS) is 16.8. The van der Waals surface area contributed by atoms with Gasteiger partial charge in [0.1, 0.15) is 5.67 Å². The van der Waals surface area contributed by atoms with Crippen LogP contribution in [0.5, 0.6) is 0 Å². The molecular formula is C20H19F. The minimum atomic E-state index is -1.19. The molecule has 1 aliphatic rings. The van der Waals surface area contributed by atoms with E-state index in [9.17, 15) is 0 Å². The second-order valence-corrected chi connectivity index (χ2v) is 5.69. The van der Waals surface area contributed by atoms with Crippen molar-refractivity contribution >= 4 is 0 Å². The molecule has 106 valence electrons. The van der Waals surface area contributed by atoms with Gasteiger partial charge in [-0.25, -0.2) is 4.39 Å². The molecule has 1 saturated carbocycles. The first-order valence-electron chi connectivity index (χ1n) is 7.63. The molecule has 0 bridgehead atoms. The van der Waals surface area contributed by atoms with Crippen molar-refractivity contribution < 1.29 is 4.39 Å². The summed E-state index contributed by atoms with van der Waals surface area (Å²) in [5.41, 5.74) is 1.36. The summed E-state index contributed by atoms with van der Waals surface area (Å²) < 4.78 is 15.2. The zero-order valence-electron chi connectivity index (χ0n) is 12.1. The van der Waals surface area contributed by atoms with E-state index in [4.69, 9.17) is 0 Å². The molecule has 0 atom stereocenters. The fourth-order valence-electron chi connectivity index (χ4n) is 3.03. The number of halogens is 1. The second-order valence-electron chi connectivity index (χ2n) is 5.69. The Morgan fingerprint density at radius 3 is 2.19 bits per heavy atom. The first-order valence-corrected chi connectivity index (χ1v) is 7.63. The minimum Gasteiger partial charge on any atom is -0.239 e. The summed E-state index contributed by atoms with van der Waals surface area (Å²) in [5.74, 6) is 6.30. The molecule has 1 heteroatoms. The van der Waals surface area contributed by atoms with Gasteiger partial charge in [0.15, 0.2) is 0 Å². The van der Waals surface area contributed by atoms with Crippen molar-refractivity contribution in [3.05, 3.63) is 71.3 Å². The van der Waals surface area contributed by atoms with Crippen molar-refractivity contribution in [3.63, 3.8) is 0 Å². The van der Waals surface area contributed by atoms with E-state index in [-0.39, 0.29) is 0 Å². The van der Waals surface area contributed by atoms with E-state index in [1.807, 2.05) is 54.6 Å². The lowest BCUT2D eigenvalue weighted by molar-refractivity contribution is 0.106. The summed E-state index contributed by atoms with van der Waals surface area (Å²) in [6, 6.07) is 17.5. The van der Waals surface area contributed by atoms with Crippen LogP contribution in [0.2, 0.25) is 0 Å². The molecule has 2 aromatic rings. The van der Waals surface area contributed by atoms with Gasteiger partial charge in [-0.3, -0.25) is 0 Å². The molecule has 2 aromatic carbocycles. The van der Waals surface area contributed by atoms with Crippen molar-refractivity contribution in [2.24, 2.45) is 0 Å². The maximum Gasteiger partial charge on any atom is 0.137 e. The Bertz CT molecular complexity index is 655. The van der Waals surface area contributed by atoms with Crippen LogP contribution in [0.4, 0.5) is 4.39 Å². The molecule has 0 aliphatic heterocycles. The number of hydrogen-bond acceptors (Lipinski definition) is 0. The fourth-order valence-corrected chi connectivity index (χ4v) is 3.03.